The average molecular weight is 564 g/mol. The van der Waals surface area contributed by atoms with Gasteiger partial charge in [0.05, 0.1) is 10.6 Å². The zero-order chi connectivity index (χ0) is 29.4. The molecule has 1 unspecified atom stereocenters. The number of amides is 2. The Labute approximate surface area is 239 Å². The summed E-state index contributed by atoms with van der Waals surface area (Å²) in [5, 5.41) is 2.95. The number of carbonyl (C=O) groups is 2. The molecule has 0 spiro atoms. The van der Waals surface area contributed by atoms with E-state index in [1.165, 1.54) is 4.90 Å². The molecular formula is C32H41N3O4S. The Morgan fingerprint density at radius 3 is 1.98 bits per heavy atom. The number of hydrogen-bond acceptors (Lipinski definition) is 4. The van der Waals surface area contributed by atoms with Crippen LogP contribution >= 0.6 is 0 Å². The third-order valence-electron chi connectivity index (χ3n) is 6.82. The van der Waals surface area contributed by atoms with Crippen molar-refractivity contribution < 1.29 is 18.0 Å². The number of hydrogen-bond donors (Lipinski definition) is 1. The van der Waals surface area contributed by atoms with Gasteiger partial charge in [-0.2, -0.15) is 0 Å². The molecule has 0 aliphatic heterocycles. The second kappa shape index (κ2) is 13.6. The number of rotatable bonds is 12. The molecule has 0 aliphatic rings. The first kappa shape index (κ1) is 30.9. The molecule has 0 aromatic heterocycles. The van der Waals surface area contributed by atoms with Crippen molar-refractivity contribution in [2.24, 2.45) is 5.92 Å². The molecule has 7 nitrogen and oxygen atoms in total. The van der Waals surface area contributed by atoms with Gasteiger partial charge in [0.1, 0.15) is 12.6 Å². The second-order valence-electron chi connectivity index (χ2n) is 10.7. The fourth-order valence-electron chi connectivity index (χ4n) is 4.43. The number of anilines is 1. The van der Waals surface area contributed by atoms with Crippen molar-refractivity contribution in [3.63, 3.8) is 0 Å². The lowest BCUT2D eigenvalue weighted by Gasteiger charge is -2.33. The summed E-state index contributed by atoms with van der Waals surface area (Å²) in [6.45, 7) is 11.8. The van der Waals surface area contributed by atoms with Crippen molar-refractivity contribution in [3.05, 3.63) is 95.1 Å². The largest absolute Gasteiger partial charge is 0.354 e. The smallest absolute Gasteiger partial charge is 0.264 e. The van der Waals surface area contributed by atoms with E-state index in [9.17, 15) is 18.0 Å². The molecule has 1 N–H and O–H groups in total. The molecule has 0 bridgehead atoms. The Morgan fingerprint density at radius 1 is 0.850 bits per heavy atom. The predicted octanol–water partition coefficient (Wildman–Crippen LogP) is 5.39. The van der Waals surface area contributed by atoms with Crippen molar-refractivity contribution in [1.82, 2.24) is 10.2 Å². The fourth-order valence-corrected chi connectivity index (χ4v) is 5.90. The zero-order valence-electron chi connectivity index (χ0n) is 24.3. The fraction of sp³-hybridized carbons (Fsp3) is 0.375. The van der Waals surface area contributed by atoms with Crippen molar-refractivity contribution in [2.45, 2.75) is 65.4 Å². The van der Waals surface area contributed by atoms with Gasteiger partial charge in [-0.25, -0.2) is 8.42 Å². The first-order valence-corrected chi connectivity index (χ1v) is 15.2. The van der Waals surface area contributed by atoms with Crippen LogP contribution in [-0.2, 0) is 26.2 Å². The van der Waals surface area contributed by atoms with E-state index in [0.717, 1.165) is 26.6 Å². The van der Waals surface area contributed by atoms with Gasteiger partial charge in [-0.3, -0.25) is 13.9 Å². The molecule has 214 valence electrons. The van der Waals surface area contributed by atoms with E-state index in [-0.39, 0.29) is 23.3 Å². The molecule has 0 saturated carbocycles. The van der Waals surface area contributed by atoms with Gasteiger partial charge in [0.2, 0.25) is 11.8 Å². The molecule has 1 atom stereocenters. The number of nitrogens with zero attached hydrogens (tertiary/aromatic N) is 2. The van der Waals surface area contributed by atoms with Crippen LogP contribution in [0, 0.1) is 26.7 Å². The van der Waals surface area contributed by atoms with Gasteiger partial charge < -0.3 is 10.2 Å². The normalized spacial score (nSPS) is 12.2. The van der Waals surface area contributed by atoms with E-state index < -0.39 is 28.5 Å². The third-order valence-corrected chi connectivity index (χ3v) is 8.59. The van der Waals surface area contributed by atoms with Crippen LogP contribution in [0.15, 0.2) is 77.7 Å². The van der Waals surface area contributed by atoms with Crippen LogP contribution in [0.1, 0.15) is 49.4 Å². The lowest BCUT2D eigenvalue weighted by molar-refractivity contribution is -0.140. The van der Waals surface area contributed by atoms with Gasteiger partial charge in [-0.15, -0.1) is 0 Å². The number of aryl methyl sites for hydroxylation is 3. The minimum Gasteiger partial charge on any atom is -0.354 e. The Morgan fingerprint density at radius 2 is 1.43 bits per heavy atom. The van der Waals surface area contributed by atoms with Crippen LogP contribution in [0.2, 0.25) is 0 Å². The molecule has 40 heavy (non-hydrogen) atoms. The number of nitrogens with one attached hydrogen (secondary N) is 1. The highest BCUT2D eigenvalue weighted by Crippen LogP contribution is 2.27. The molecule has 0 aliphatic carbocycles. The highest BCUT2D eigenvalue weighted by atomic mass is 32.2. The number of benzene rings is 3. The maximum atomic E-state index is 14.1. The number of para-hydroxylation sites is 1. The van der Waals surface area contributed by atoms with Crippen molar-refractivity contribution >= 4 is 27.5 Å². The lowest BCUT2D eigenvalue weighted by atomic mass is 10.1. The molecule has 8 heteroatoms. The molecule has 0 saturated heterocycles. The first-order chi connectivity index (χ1) is 18.9. The summed E-state index contributed by atoms with van der Waals surface area (Å²) in [6, 6.07) is 20.7. The van der Waals surface area contributed by atoms with Crippen LogP contribution < -0.4 is 9.62 Å². The molecule has 3 aromatic carbocycles. The Kier molecular flexibility index (Phi) is 10.5. The van der Waals surface area contributed by atoms with Gasteiger partial charge >= 0.3 is 0 Å². The lowest BCUT2D eigenvalue weighted by Crippen LogP contribution is -2.52. The van der Waals surface area contributed by atoms with Gasteiger partial charge in [0.25, 0.3) is 10.0 Å². The van der Waals surface area contributed by atoms with Crippen molar-refractivity contribution in [3.8, 4) is 0 Å². The summed E-state index contributed by atoms with van der Waals surface area (Å²) < 4.78 is 29.1. The highest BCUT2D eigenvalue weighted by molar-refractivity contribution is 7.92. The SMILES string of the molecule is CCC(C(=O)NCC(C)C)N(Cc1ccc(C)cc1)C(=O)CN(c1ccccc1C)S(=O)(=O)c1ccc(C)cc1. The molecular weight excluding hydrogens is 522 g/mol. The summed E-state index contributed by atoms with van der Waals surface area (Å²) in [7, 11) is -4.09. The minimum atomic E-state index is -4.09. The summed E-state index contributed by atoms with van der Waals surface area (Å²) in [5.41, 5.74) is 4.01. The van der Waals surface area contributed by atoms with Crippen molar-refractivity contribution in [1.29, 1.82) is 0 Å². The number of sulfonamides is 1. The standard InChI is InChI=1S/C32H41N3O4S/c1-7-29(32(37)33-20-23(2)3)34(21-27-16-12-24(4)13-17-27)31(36)22-35(30-11-9-8-10-26(30)6)40(38,39)28-18-14-25(5)15-19-28/h8-19,23,29H,7,20-22H2,1-6H3,(H,33,37). The molecule has 0 fully saturated rings. The Balaban J connectivity index is 2.05. The maximum absolute atomic E-state index is 14.1. The van der Waals surface area contributed by atoms with E-state index in [1.807, 2.05) is 77.9 Å². The van der Waals surface area contributed by atoms with E-state index in [4.69, 9.17) is 0 Å². The molecule has 2 amide bonds. The van der Waals surface area contributed by atoms with Crippen LogP contribution in [0.3, 0.4) is 0 Å². The molecule has 3 aromatic rings. The second-order valence-corrected chi connectivity index (χ2v) is 12.5. The van der Waals surface area contributed by atoms with Crippen LogP contribution in [-0.4, -0.2) is 44.3 Å². The Bertz CT molecular complexity index is 1400. The predicted molar refractivity (Wildman–Crippen MR) is 161 cm³/mol. The van der Waals surface area contributed by atoms with Crippen LogP contribution in [0.5, 0.6) is 0 Å². The quantitative estimate of drug-likeness (QED) is 0.320. The van der Waals surface area contributed by atoms with Gasteiger partial charge in [-0.05, 0) is 62.4 Å². The summed E-state index contributed by atoms with van der Waals surface area (Å²) in [4.78, 5) is 29.0. The van der Waals surface area contributed by atoms with Gasteiger partial charge in [0.15, 0.2) is 0 Å². The summed E-state index contributed by atoms with van der Waals surface area (Å²) >= 11 is 0. The zero-order valence-corrected chi connectivity index (χ0v) is 25.2. The minimum absolute atomic E-state index is 0.0981. The van der Waals surface area contributed by atoms with Gasteiger partial charge in [-0.1, -0.05) is 86.5 Å². The Hall–Kier alpha value is -3.65. The number of carbonyl (C=O) groups excluding carboxylic acids is 2. The highest BCUT2D eigenvalue weighted by Gasteiger charge is 2.34. The van der Waals surface area contributed by atoms with E-state index >= 15 is 0 Å². The molecule has 3 rings (SSSR count). The van der Waals surface area contributed by atoms with E-state index in [1.54, 1.807) is 36.4 Å². The van der Waals surface area contributed by atoms with Gasteiger partial charge in [0, 0.05) is 13.1 Å². The third kappa shape index (κ3) is 7.72. The summed E-state index contributed by atoms with van der Waals surface area (Å²) in [6.07, 6.45) is 0.386. The monoisotopic (exact) mass is 563 g/mol. The average Bonchev–Trinajstić information content (AvgIpc) is 2.92. The van der Waals surface area contributed by atoms with Crippen LogP contribution in [0.4, 0.5) is 5.69 Å². The van der Waals surface area contributed by atoms with Crippen molar-refractivity contribution in [2.75, 3.05) is 17.4 Å². The molecule has 0 radical (unpaired) electrons. The maximum Gasteiger partial charge on any atom is 0.264 e. The van der Waals surface area contributed by atoms with E-state index in [0.29, 0.717) is 18.7 Å². The summed E-state index contributed by atoms with van der Waals surface area (Å²) in [5.74, 6) is -0.453. The molecule has 0 heterocycles. The topological polar surface area (TPSA) is 86.8 Å². The van der Waals surface area contributed by atoms with E-state index in [2.05, 4.69) is 5.32 Å². The first-order valence-electron chi connectivity index (χ1n) is 13.7. The van der Waals surface area contributed by atoms with Crippen LogP contribution in [0.25, 0.3) is 0 Å².